The van der Waals surface area contributed by atoms with Crippen molar-refractivity contribution in [2.24, 2.45) is 0 Å². The van der Waals surface area contributed by atoms with Crippen LogP contribution in [0.5, 0.6) is 17.4 Å². The highest BCUT2D eigenvalue weighted by atomic mass is 16.5. The van der Waals surface area contributed by atoms with E-state index in [4.69, 9.17) is 9.47 Å². The van der Waals surface area contributed by atoms with E-state index >= 15 is 0 Å². The van der Waals surface area contributed by atoms with Gasteiger partial charge in [-0.05, 0) is 48.9 Å². The van der Waals surface area contributed by atoms with Crippen LogP contribution in [0.4, 0.5) is 0 Å². The standard InChI is InChI=1S/C26H23N3O3/c1-18-3-5-19(6-4-18)16-27-26(30)21-9-7-20(8-10-21)24-15-25(29-17-28-24)32-23-13-11-22(31-2)12-14-23/h3-15,17H,16H2,1-2H3,(H,27,30). The summed E-state index contributed by atoms with van der Waals surface area (Å²) in [6.45, 7) is 2.52. The number of hydrogen-bond donors (Lipinski definition) is 1. The Bertz CT molecular complexity index is 1190. The van der Waals surface area contributed by atoms with E-state index in [9.17, 15) is 4.79 Å². The van der Waals surface area contributed by atoms with Crippen LogP contribution >= 0.6 is 0 Å². The van der Waals surface area contributed by atoms with Crippen molar-refractivity contribution in [3.05, 3.63) is 102 Å². The summed E-state index contributed by atoms with van der Waals surface area (Å²) in [6, 6.07) is 24.4. The summed E-state index contributed by atoms with van der Waals surface area (Å²) in [5.41, 5.74) is 4.41. The number of nitrogens with zero attached hydrogens (tertiary/aromatic N) is 2. The Balaban J connectivity index is 1.41. The van der Waals surface area contributed by atoms with Crippen molar-refractivity contribution in [1.29, 1.82) is 0 Å². The van der Waals surface area contributed by atoms with Gasteiger partial charge in [-0.2, -0.15) is 0 Å². The van der Waals surface area contributed by atoms with Crippen LogP contribution in [0.2, 0.25) is 0 Å². The highest BCUT2D eigenvalue weighted by Crippen LogP contribution is 2.25. The maximum absolute atomic E-state index is 12.5. The van der Waals surface area contributed by atoms with Crippen molar-refractivity contribution < 1.29 is 14.3 Å². The average molecular weight is 425 g/mol. The molecule has 160 valence electrons. The molecule has 1 aromatic heterocycles. The molecule has 1 heterocycles. The number of ether oxygens (including phenoxy) is 2. The number of aromatic nitrogens is 2. The van der Waals surface area contributed by atoms with Crippen molar-refractivity contribution in [2.75, 3.05) is 7.11 Å². The molecule has 0 aliphatic carbocycles. The molecule has 0 fully saturated rings. The van der Waals surface area contributed by atoms with Gasteiger partial charge in [0.1, 0.15) is 17.8 Å². The molecule has 0 aliphatic heterocycles. The molecule has 3 aromatic carbocycles. The molecule has 0 radical (unpaired) electrons. The molecule has 4 rings (SSSR count). The zero-order valence-corrected chi connectivity index (χ0v) is 17.9. The maximum Gasteiger partial charge on any atom is 0.251 e. The molecule has 0 spiro atoms. The first-order chi connectivity index (χ1) is 15.6. The molecule has 1 amide bonds. The van der Waals surface area contributed by atoms with E-state index in [1.807, 2.05) is 67.6 Å². The van der Waals surface area contributed by atoms with E-state index in [0.717, 1.165) is 16.9 Å². The van der Waals surface area contributed by atoms with Crippen LogP contribution in [0, 0.1) is 6.92 Å². The number of methoxy groups -OCH3 is 1. The van der Waals surface area contributed by atoms with Gasteiger partial charge < -0.3 is 14.8 Å². The number of benzene rings is 3. The van der Waals surface area contributed by atoms with E-state index in [-0.39, 0.29) is 5.91 Å². The zero-order chi connectivity index (χ0) is 22.3. The summed E-state index contributed by atoms with van der Waals surface area (Å²) in [4.78, 5) is 21.0. The predicted octanol–water partition coefficient (Wildman–Crippen LogP) is 5.18. The lowest BCUT2D eigenvalue weighted by atomic mass is 10.1. The van der Waals surface area contributed by atoms with Gasteiger partial charge in [0.2, 0.25) is 5.88 Å². The zero-order valence-electron chi connectivity index (χ0n) is 17.9. The molecular weight excluding hydrogens is 402 g/mol. The third kappa shape index (κ3) is 5.29. The first kappa shape index (κ1) is 21.1. The van der Waals surface area contributed by atoms with Crippen LogP contribution in [0.3, 0.4) is 0 Å². The summed E-state index contributed by atoms with van der Waals surface area (Å²) >= 11 is 0. The van der Waals surface area contributed by atoms with Gasteiger partial charge >= 0.3 is 0 Å². The van der Waals surface area contributed by atoms with Crippen molar-refractivity contribution in [3.63, 3.8) is 0 Å². The van der Waals surface area contributed by atoms with Crippen molar-refractivity contribution in [3.8, 4) is 28.6 Å². The lowest BCUT2D eigenvalue weighted by Gasteiger charge is -2.08. The third-order valence-electron chi connectivity index (χ3n) is 4.94. The first-order valence-corrected chi connectivity index (χ1v) is 10.2. The molecule has 6 nitrogen and oxygen atoms in total. The van der Waals surface area contributed by atoms with E-state index in [0.29, 0.717) is 29.4 Å². The van der Waals surface area contributed by atoms with E-state index in [1.54, 1.807) is 25.3 Å². The minimum Gasteiger partial charge on any atom is -0.497 e. The first-order valence-electron chi connectivity index (χ1n) is 10.2. The second kappa shape index (κ2) is 9.75. The van der Waals surface area contributed by atoms with Gasteiger partial charge in [-0.3, -0.25) is 4.79 Å². The van der Waals surface area contributed by atoms with E-state index in [2.05, 4.69) is 15.3 Å². The third-order valence-corrected chi connectivity index (χ3v) is 4.94. The number of carbonyl (C=O) groups excluding carboxylic acids is 1. The van der Waals surface area contributed by atoms with E-state index < -0.39 is 0 Å². The average Bonchev–Trinajstić information content (AvgIpc) is 2.84. The SMILES string of the molecule is COc1ccc(Oc2cc(-c3ccc(C(=O)NCc4ccc(C)cc4)cc3)ncn2)cc1. The van der Waals surface area contributed by atoms with Gasteiger partial charge in [-0.25, -0.2) is 9.97 Å². The topological polar surface area (TPSA) is 73.3 Å². The van der Waals surface area contributed by atoms with Crippen LogP contribution in [-0.2, 0) is 6.54 Å². The van der Waals surface area contributed by atoms with Gasteiger partial charge in [-0.15, -0.1) is 0 Å². The summed E-state index contributed by atoms with van der Waals surface area (Å²) < 4.78 is 11.0. The van der Waals surface area contributed by atoms with Crippen molar-refractivity contribution >= 4 is 5.91 Å². The monoisotopic (exact) mass is 425 g/mol. The molecule has 32 heavy (non-hydrogen) atoms. The molecule has 0 atom stereocenters. The van der Waals surface area contributed by atoms with Crippen LogP contribution < -0.4 is 14.8 Å². The molecule has 4 aromatic rings. The Morgan fingerprint density at radius 1 is 0.875 bits per heavy atom. The summed E-state index contributed by atoms with van der Waals surface area (Å²) in [6.07, 6.45) is 1.45. The van der Waals surface area contributed by atoms with Crippen LogP contribution in [0.1, 0.15) is 21.5 Å². The Labute approximate surface area is 186 Å². The smallest absolute Gasteiger partial charge is 0.251 e. The highest BCUT2D eigenvalue weighted by molar-refractivity contribution is 5.94. The van der Waals surface area contributed by atoms with Crippen molar-refractivity contribution in [2.45, 2.75) is 13.5 Å². The number of amides is 1. The molecular formula is C26H23N3O3. The molecule has 0 saturated heterocycles. The van der Waals surface area contributed by atoms with Crippen LogP contribution in [0.25, 0.3) is 11.3 Å². The van der Waals surface area contributed by atoms with E-state index in [1.165, 1.54) is 11.9 Å². The lowest BCUT2D eigenvalue weighted by Crippen LogP contribution is -2.22. The number of aryl methyl sites for hydroxylation is 1. The lowest BCUT2D eigenvalue weighted by molar-refractivity contribution is 0.0951. The fourth-order valence-electron chi connectivity index (χ4n) is 3.10. The fourth-order valence-corrected chi connectivity index (χ4v) is 3.10. The summed E-state index contributed by atoms with van der Waals surface area (Å²) in [5, 5.41) is 2.94. The van der Waals surface area contributed by atoms with Gasteiger partial charge in [0, 0.05) is 23.7 Å². The number of nitrogens with one attached hydrogen (secondary N) is 1. The predicted molar refractivity (Wildman–Crippen MR) is 123 cm³/mol. The minimum atomic E-state index is -0.122. The molecule has 6 heteroatoms. The number of hydrogen-bond acceptors (Lipinski definition) is 5. The van der Waals surface area contributed by atoms with Gasteiger partial charge in [-0.1, -0.05) is 42.0 Å². The maximum atomic E-state index is 12.5. The normalized spacial score (nSPS) is 10.4. The molecule has 0 saturated carbocycles. The summed E-state index contributed by atoms with van der Waals surface area (Å²) in [5.74, 6) is 1.71. The number of rotatable bonds is 7. The Morgan fingerprint density at radius 2 is 1.56 bits per heavy atom. The Kier molecular flexibility index (Phi) is 6.41. The Morgan fingerprint density at radius 3 is 2.25 bits per heavy atom. The largest absolute Gasteiger partial charge is 0.497 e. The molecule has 0 aliphatic rings. The van der Waals surface area contributed by atoms with Crippen molar-refractivity contribution in [1.82, 2.24) is 15.3 Å². The number of carbonyl (C=O) groups is 1. The van der Waals surface area contributed by atoms with Crippen LogP contribution in [0.15, 0.2) is 85.2 Å². The molecule has 1 N–H and O–H groups in total. The Hall–Kier alpha value is -4.19. The molecule has 0 unspecified atom stereocenters. The highest BCUT2D eigenvalue weighted by Gasteiger charge is 2.08. The molecule has 0 bridgehead atoms. The fraction of sp³-hybridized carbons (Fsp3) is 0.115. The van der Waals surface area contributed by atoms with Crippen LogP contribution in [-0.4, -0.2) is 23.0 Å². The minimum absolute atomic E-state index is 0.122. The second-order valence-electron chi connectivity index (χ2n) is 7.26. The summed E-state index contributed by atoms with van der Waals surface area (Å²) in [7, 11) is 1.62. The quantitative estimate of drug-likeness (QED) is 0.441. The van der Waals surface area contributed by atoms with Gasteiger partial charge in [0.25, 0.3) is 5.91 Å². The second-order valence-corrected chi connectivity index (χ2v) is 7.26. The van der Waals surface area contributed by atoms with Gasteiger partial charge in [0.05, 0.1) is 12.8 Å². The van der Waals surface area contributed by atoms with Gasteiger partial charge in [0.15, 0.2) is 0 Å².